The summed E-state index contributed by atoms with van der Waals surface area (Å²) in [7, 11) is 0. The number of ether oxygens (including phenoxy) is 5. The molecular weight excluding hydrogens is 710 g/mol. The Labute approximate surface area is 323 Å². The lowest BCUT2D eigenvalue weighted by Crippen LogP contribution is -2.38. The molecule has 2 heterocycles. The first-order chi connectivity index (χ1) is 26.3. The summed E-state index contributed by atoms with van der Waals surface area (Å²) in [4.78, 5) is 67.1. The van der Waals surface area contributed by atoms with Gasteiger partial charge in [-0.2, -0.15) is 0 Å². The van der Waals surface area contributed by atoms with Crippen LogP contribution in [0.5, 0.6) is 0 Å². The van der Waals surface area contributed by atoms with Crippen LogP contribution in [0.4, 0.5) is 5.69 Å². The van der Waals surface area contributed by atoms with Crippen molar-refractivity contribution in [2.45, 2.75) is 84.0 Å². The summed E-state index contributed by atoms with van der Waals surface area (Å²) in [5, 5.41) is 3.35. The Bertz CT molecular complexity index is 1680. The third kappa shape index (κ3) is 14.8. The molecule has 4 rings (SSSR count). The molecule has 0 spiro atoms. The molecule has 0 radical (unpaired) electrons. The number of anilines is 1. The van der Waals surface area contributed by atoms with E-state index in [2.05, 4.69) is 17.2 Å². The normalized spacial score (nSPS) is 14.0. The maximum Gasteiger partial charge on any atom is 0.335 e. The SMILES string of the molecule is CC(C)(CCOCCC(=O)NCCC(=O)N1Cc2ccccc2C#Cc2ccccc21)OCC(C)(C)OCCOCCOCCC(=O)ON1C(=O)CCC1=O. The van der Waals surface area contributed by atoms with Crippen molar-refractivity contribution >= 4 is 35.3 Å². The van der Waals surface area contributed by atoms with E-state index in [4.69, 9.17) is 28.5 Å². The Morgan fingerprint density at radius 3 is 2.09 bits per heavy atom. The molecule has 2 aromatic carbocycles. The van der Waals surface area contributed by atoms with Crippen LogP contribution < -0.4 is 10.2 Å². The van der Waals surface area contributed by atoms with Crippen LogP contribution >= 0.6 is 0 Å². The summed E-state index contributed by atoms with van der Waals surface area (Å²) in [6.07, 6.45) is 0.943. The fourth-order valence-corrected chi connectivity index (χ4v) is 5.47. The van der Waals surface area contributed by atoms with Gasteiger partial charge in [-0.25, -0.2) is 4.79 Å². The van der Waals surface area contributed by atoms with E-state index in [0.717, 1.165) is 22.4 Å². The average Bonchev–Trinajstić information content (AvgIpc) is 3.46. The zero-order valence-corrected chi connectivity index (χ0v) is 32.3. The molecule has 298 valence electrons. The van der Waals surface area contributed by atoms with Crippen LogP contribution in [0.2, 0.25) is 0 Å². The van der Waals surface area contributed by atoms with E-state index < -0.39 is 29.0 Å². The van der Waals surface area contributed by atoms with Gasteiger partial charge >= 0.3 is 5.97 Å². The van der Waals surface area contributed by atoms with Crippen LogP contribution in [0, 0.1) is 11.8 Å². The summed E-state index contributed by atoms with van der Waals surface area (Å²) < 4.78 is 28.7. The molecule has 0 unspecified atom stereocenters. The molecule has 0 bridgehead atoms. The van der Waals surface area contributed by atoms with Crippen molar-refractivity contribution < 1.29 is 52.5 Å². The number of amides is 4. The first kappa shape index (κ1) is 43.1. The fourth-order valence-electron chi connectivity index (χ4n) is 5.47. The van der Waals surface area contributed by atoms with Crippen LogP contribution in [-0.4, -0.2) is 105 Å². The summed E-state index contributed by atoms with van der Waals surface area (Å²) >= 11 is 0. The number of imide groups is 1. The van der Waals surface area contributed by atoms with Gasteiger partial charge in [0.2, 0.25) is 11.8 Å². The van der Waals surface area contributed by atoms with Crippen LogP contribution in [0.1, 0.15) is 82.9 Å². The van der Waals surface area contributed by atoms with Crippen molar-refractivity contribution in [2.24, 2.45) is 0 Å². The molecule has 2 aliphatic heterocycles. The highest BCUT2D eigenvalue weighted by Gasteiger charge is 2.32. The minimum Gasteiger partial charge on any atom is -0.381 e. The number of hydrogen-bond donors (Lipinski definition) is 1. The Balaban J connectivity index is 1.00. The smallest absolute Gasteiger partial charge is 0.335 e. The van der Waals surface area contributed by atoms with Gasteiger partial charge in [0.15, 0.2) is 0 Å². The zero-order chi connectivity index (χ0) is 39.7. The number of nitrogens with zero attached hydrogens (tertiary/aromatic N) is 2. The number of hydroxylamine groups is 2. The molecule has 1 N–H and O–H groups in total. The average molecular weight is 764 g/mol. The maximum absolute atomic E-state index is 13.4. The summed E-state index contributed by atoms with van der Waals surface area (Å²) in [5.41, 5.74) is 2.37. The van der Waals surface area contributed by atoms with Gasteiger partial charge < -0.3 is 38.7 Å². The predicted molar refractivity (Wildman–Crippen MR) is 201 cm³/mol. The molecule has 55 heavy (non-hydrogen) atoms. The molecule has 14 nitrogen and oxygen atoms in total. The van der Waals surface area contributed by atoms with Crippen molar-refractivity contribution in [3.8, 4) is 11.8 Å². The van der Waals surface area contributed by atoms with Crippen molar-refractivity contribution in [1.29, 1.82) is 0 Å². The van der Waals surface area contributed by atoms with Gasteiger partial charge in [0.1, 0.15) is 0 Å². The van der Waals surface area contributed by atoms with Crippen LogP contribution in [-0.2, 0) is 59.0 Å². The number of rotatable bonds is 23. The van der Waals surface area contributed by atoms with Crippen molar-refractivity contribution in [2.75, 3.05) is 64.3 Å². The number of para-hydroxylation sites is 1. The molecule has 0 saturated carbocycles. The molecule has 4 amide bonds. The molecular formula is C41H53N3O11. The second-order valence-corrected chi connectivity index (χ2v) is 14.3. The lowest BCUT2D eigenvalue weighted by Gasteiger charge is -2.32. The van der Waals surface area contributed by atoms with E-state index in [1.54, 1.807) is 4.90 Å². The molecule has 1 fully saturated rings. The second kappa shape index (κ2) is 21.4. The Morgan fingerprint density at radius 2 is 1.33 bits per heavy atom. The highest BCUT2D eigenvalue weighted by Crippen LogP contribution is 2.26. The van der Waals surface area contributed by atoms with Gasteiger partial charge in [0, 0.05) is 50.0 Å². The molecule has 2 aromatic rings. The van der Waals surface area contributed by atoms with Gasteiger partial charge in [0.25, 0.3) is 11.8 Å². The van der Waals surface area contributed by atoms with E-state index in [9.17, 15) is 24.0 Å². The molecule has 0 atom stereocenters. The summed E-state index contributed by atoms with van der Waals surface area (Å²) in [5.74, 6) is 4.38. The van der Waals surface area contributed by atoms with Gasteiger partial charge in [0.05, 0.1) is 76.1 Å². The topological polar surface area (TPSA) is 159 Å². The minimum atomic E-state index is -0.713. The zero-order valence-electron chi connectivity index (χ0n) is 32.3. The third-order valence-corrected chi connectivity index (χ3v) is 8.71. The van der Waals surface area contributed by atoms with Crippen LogP contribution in [0.25, 0.3) is 0 Å². The first-order valence-corrected chi connectivity index (χ1v) is 18.7. The highest BCUT2D eigenvalue weighted by molar-refractivity contribution is 6.01. The van der Waals surface area contributed by atoms with E-state index in [1.807, 2.05) is 76.2 Å². The van der Waals surface area contributed by atoms with Crippen LogP contribution in [0.3, 0.4) is 0 Å². The highest BCUT2D eigenvalue weighted by atomic mass is 16.7. The van der Waals surface area contributed by atoms with Crippen molar-refractivity contribution in [3.05, 3.63) is 65.2 Å². The number of hydrogen-bond acceptors (Lipinski definition) is 11. The first-order valence-electron chi connectivity index (χ1n) is 18.7. The molecule has 14 heteroatoms. The monoisotopic (exact) mass is 763 g/mol. The van der Waals surface area contributed by atoms with E-state index in [0.29, 0.717) is 51.1 Å². The number of benzene rings is 2. The second-order valence-electron chi connectivity index (χ2n) is 14.3. The Kier molecular flexibility index (Phi) is 16.8. The molecule has 0 aromatic heterocycles. The number of fused-ring (bicyclic) bond motifs is 2. The van der Waals surface area contributed by atoms with E-state index in [1.165, 1.54) is 0 Å². The number of nitrogens with one attached hydrogen (secondary N) is 1. The minimum absolute atomic E-state index is 0.0463. The van der Waals surface area contributed by atoms with Gasteiger partial charge in [-0.05, 0) is 57.9 Å². The van der Waals surface area contributed by atoms with E-state index in [-0.39, 0.29) is 70.3 Å². The number of carbonyl (C=O) groups is 5. The quantitative estimate of drug-likeness (QED) is 0.0996. The van der Waals surface area contributed by atoms with Crippen molar-refractivity contribution in [1.82, 2.24) is 10.4 Å². The van der Waals surface area contributed by atoms with Gasteiger partial charge in [-0.15, -0.1) is 5.06 Å². The van der Waals surface area contributed by atoms with Crippen LogP contribution in [0.15, 0.2) is 48.5 Å². The van der Waals surface area contributed by atoms with Crippen molar-refractivity contribution in [3.63, 3.8) is 0 Å². The standard InChI is InChI=1S/C41H53N3O11/c1-40(2,54-30-41(3,4)53-28-27-52-26-25-51-23-19-39(49)55-44-37(47)15-16-38(44)48)20-24-50-22-18-35(45)42-21-17-36(46)43-29-33-11-6-5-9-31(33)13-14-32-10-7-8-12-34(32)43/h5-12H,15-30H2,1-4H3,(H,42,45). The largest absolute Gasteiger partial charge is 0.381 e. The Morgan fingerprint density at radius 1 is 0.709 bits per heavy atom. The van der Waals surface area contributed by atoms with Gasteiger partial charge in [-0.1, -0.05) is 42.2 Å². The fraction of sp³-hybridized carbons (Fsp3) is 0.537. The lowest BCUT2D eigenvalue weighted by atomic mass is 10.0. The molecule has 0 aliphatic carbocycles. The summed E-state index contributed by atoms with van der Waals surface area (Å²) in [6, 6.07) is 15.4. The Hall–Kier alpha value is -4.65. The van der Waals surface area contributed by atoms with E-state index >= 15 is 0 Å². The third-order valence-electron chi connectivity index (χ3n) is 8.71. The summed E-state index contributed by atoms with van der Waals surface area (Å²) in [6.45, 7) is 10.7. The maximum atomic E-state index is 13.4. The lowest BCUT2D eigenvalue weighted by molar-refractivity contribution is -0.198. The number of carbonyl (C=O) groups excluding carboxylic acids is 5. The molecule has 2 aliphatic rings. The van der Waals surface area contributed by atoms with Gasteiger partial charge in [-0.3, -0.25) is 19.2 Å². The molecule has 1 saturated heterocycles. The predicted octanol–water partition coefficient (Wildman–Crippen LogP) is 3.86.